The number of hydrogen-bond acceptors (Lipinski definition) is 6. The maximum atomic E-state index is 13.2. The Hall–Kier alpha value is -3.55. The van der Waals surface area contributed by atoms with E-state index < -0.39 is 11.8 Å². The van der Waals surface area contributed by atoms with Crippen LogP contribution in [0.4, 0.5) is 21.6 Å². The lowest BCUT2D eigenvalue weighted by molar-refractivity contribution is 0.0601. The Labute approximate surface area is 142 Å². The molecule has 0 unspecified atom stereocenters. The van der Waals surface area contributed by atoms with Crippen LogP contribution in [-0.2, 0) is 4.74 Å². The van der Waals surface area contributed by atoms with Crippen LogP contribution in [0.5, 0.6) is 0 Å². The van der Waals surface area contributed by atoms with Crippen molar-refractivity contribution in [3.05, 3.63) is 59.9 Å². The van der Waals surface area contributed by atoms with Crippen LogP contribution in [0.25, 0.3) is 11.3 Å². The lowest BCUT2D eigenvalue weighted by atomic mass is 10.1. The number of H-pyrrole nitrogens is 1. The first-order valence-electron chi connectivity index (χ1n) is 7.28. The molecule has 0 aliphatic rings. The number of esters is 1. The minimum Gasteiger partial charge on any atom is -0.465 e. The third-order valence-electron chi connectivity index (χ3n) is 3.44. The monoisotopic (exact) mass is 339 g/mol. The summed E-state index contributed by atoms with van der Waals surface area (Å²) in [6.07, 6.45) is 0. The van der Waals surface area contributed by atoms with Crippen molar-refractivity contribution in [1.29, 1.82) is 0 Å². The normalized spacial score (nSPS) is 11.0. The summed E-state index contributed by atoms with van der Waals surface area (Å²) in [5, 5.41) is 14.8. The molecule has 1 heterocycles. The molecule has 0 amide bonds. The first-order chi connectivity index (χ1) is 12.1. The van der Waals surface area contributed by atoms with Gasteiger partial charge in [-0.05, 0) is 24.3 Å². The van der Waals surface area contributed by atoms with Crippen LogP contribution < -0.4 is 5.73 Å². The number of carbonyl (C=O) groups excluding carboxylic acids is 1. The van der Waals surface area contributed by atoms with Crippen molar-refractivity contribution < 1.29 is 13.9 Å². The minimum absolute atomic E-state index is 0.159. The number of rotatable bonds is 4. The highest BCUT2D eigenvalue weighted by Crippen LogP contribution is 2.34. The molecule has 0 aliphatic heterocycles. The summed E-state index contributed by atoms with van der Waals surface area (Å²) in [5.41, 5.74) is 8.18. The second-order valence-corrected chi connectivity index (χ2v) is 5.08. The molecule has 126 valence electrons. The lowest BCUT2D eigenvalue weighted by Gasteiger charge is -2.02. The molecule has 0 spiro atoms. The molecule has 2 aromatic carbocycles. The molecule has 0 saturated carbocycles. The average molecular weight is 339 g/mol. The molecular weight excluding hydrogens is 325 g/mol. The zero-order valence-corrected chi connectivity index (χ0v) is 13.2. The summed E-state index contributed by atoms with van der Waals surface area (Å²) in [7, 11) is 1.32. The summed E-state index contributed by atoms with van der Waals surface area (Å²) in [5.74, 6) is -0.677. The van der Waals surface area contributed by atoms with Gasteiger partial charge >= 0.3 is 5.97 Å². The second-order valence-electron chi connectivity index (χ2n) is 5.08. The van der Waals surface area contributed by atoms with Gasteiger partial charge in [0.25, 0.3) is 0 Å². The fourth-order valence-corrected chi connectivity index (χ4v) is 2.19. The molecule has 7 nitrogen and oxygen atoms in total. The van der Waals surface area contributed by atoms with E-state index in [9.17, 15) is 9.18 Å². The van der Waals surface area contributed by atoms with E-state index in [1.807, 2.05) is 0 Å². The number of hydrogen-bond donors (Lipinski definition) is 2. The van der Waals surface area contributed by atoms with Gasteiger partial charge in [0.2, 0.25) is 0 Å². The zero-order chi connectivity index (χ0) is 17.8. The smallest absolute Gasteiger partial charge is 0.337 e. The Bertz CT molecular complexity index is 934. The van der Waals surface area contributed by atoms with Crippen LogP contribution >= 0.6 is 0 Å². The van der Waals surface area contributed by atoms with E-state index in [0.29, 0.717) is 28.2 Å². The van der Waals surface area contributed by atoms with Crippen molar-refractivity contribution in [1.82, 2.24) is 10.2 Å². The Morgan fingerprint density at radius 1 is 1.20 bits per heavy atom. The molecule has 3 rings (SSSR count). The topological polar surface area (TPSA) is 106 Å². The van der Waals surface area contributed by atoms with Gasteiger partial charge < -0.3 is 10.5 Å². The average Bonchev–Trinajstić information content (AvgIpc) is 3.00. The van der Waals surface area contributed by atoms with Crippen LogP contribution in [0.15, 0.2) is 58.8 Å². The van der Waals surface area contributed by atoms with Crippen LogP contribution in [0.3, 0.4) is 0 Å². The number of aromatic amines is 1. The van der Waals surface area contributed by atoms with E-state index in [1.54, 1.807) is 30.3 Å². The summed E-state index contributed by atoms with van der Waals surface area (Å²) in [6.45, 7) is 0. The molecule has 1 aromatic heterocycles. The number of anilines is 1. The van der Waals surface area contributed by atoms with Gasteiger partial charge in [0.1, 0.15) is 5.82 Å². The van der Waals surface area contributed by atoms with Gasteiger partial charge in [-0.25, -0.2) is 9.18 Å². The first kappa shape index (κ1) is 16.3. The molecule has 0 atom stereocenters. The van der Waals surface area contributed by atoms with Crippen LogP contribution in [0.1, 0.15) is 10.4 Å². The van der Waals surface area contributed by atoms with Crippen molar-refractivity contribution in [2.24, 2.45) is 10.2 Å². The van der Waals surface area contributed by atoms with Gasteiger partial charge in [-0.15, -0.1) is 5.11 Å². The molecule has 0 radical (unpaired) electrons. The van der Waals surface area contributed by atoms with Crippen LogP contribution in [0.2, 0.25) is 0 Å². The molecule has 0 bridgehead atoms. The largest absolute Gasteiger partial charge is 0.465 e. The molecule has 0 fully saturated rings. The van der Waals surface area contributed by atoms with Gasteiger partial charge in [0.15, 0.2) is 11.5 Å². The summed E-state index contributed by atoms with van der Waals surface area (Å²) < 4.78 is 17.9. The summed E-state index contributed by atoms with van der Waals surface area (Å²) in [6, 6.07) is 12.4. The molecule has 25 heavy (non-hydrogen) atoms. The predicted molar refractivity (Wildman–Crippen MR) is 90.4 cm³/mol. The van der Waals surface area contributed by atoms with E-state index in [0.717, 1.165) is 0 Å². The third kappa shape index (κ3) is 3.52. The fourth-order valence-electron chi connectivity index (χ4n) is 2.19. The van der Waals surface area contributed by atoms with Gasteiger partial charge in [0, 0.05) is 11.6 Å². The van der Waals surface area contributed by atoms with Gasteiger partial charge in [-0.2, -0.15) is 10.2 Å². The Balaban J connectivity index is 1.93. The highest BCUT2D eigenvalue weighted by molar-refractivity contribution is 5.90. The highest BCUT2D eigenvalue weighted by atomic mass is 19.1. The summed E-state index contributed by atoms with van der Waals surface area (Å²) >= 11 is 0. The number of methoxy groups -OCH3 is 1. The van der Waals surface area contributed by atoms with Crippen molar-refractivity contribution >= 4 is 23.2 Å². The highest BCUT2D eigenvalue weighted by Gasteiger charge is 2.13. The van der Waals surface area contributed by atoms with E-state index in [4.69, 9.17) is 5.73 Å². The van der Waals surface area contributed by atoms with E-state index >= 15 is 0 Å². The number of benzene rings is 2. The first-order valence-corrected chi connectivity index (χ1v) is 7.28. The van der Waals surface area contributed by atoms with Crippen LogP contribution in [-0.4, -0.2) is 23.3 Å². The number of nitrogen functional groups attached to an aromatic ring is 1. The molecule has 3 N–H and O–H groups in total. The van der Waals surface area contributed by atoms with E-state index in [1.165, 1.54) is 25.3 Å². The Kier molecular flexibility index (Phi) is 4.51. The fraction of sp³-hybridized carbons (Fsp3) is 0.0588. The van der Waals surface area contributed by atoms with Crippen molar-refractivity contribution in [3.8, 4) is 11.3 Å². The minimum atomic E-state index is -0.429. The van der Waals surface area contributed by atoms with Gasteiger partial charge in [-0.3, -0.25) is 5.10 Å². The van der Waals surface area contributed by atoms with Crippen molar-refractivity contribution in [3.63, 3.8) is 0 Å². The SMILES string of the molecule is COC(=O)c1ccc(-c2[nH]nc(N)c2N=Nc2cccc(F)c2)cc1. The number of ether oxygens (including phenoxy) is 1. The number of carbonyl (C=O) groups is 1. The number of aromatic nitrogens is 2. The zero-order valence-electron chi connectivity index (χ0n) is 13.2. The molecular formula is C17H14FN5O2. The predicted octanol–water partition coefficient (Wildman–Crippen LogP) is 4.00. The van der Waals surface area contributed by atoms with E-state index in [2.05, 4.69) is 25.2 Å². The van der Waals surface area contributed by atoms with Crippen molar-refractivity contribution in [2.75, 3.05) is 12.8 Å². The Morgan fingerprint density at radius 3 is 2.64 bits per heavy atom. The molecule has 3 aromatic rings. The maximum absolute atomic E-state index is 13.2. The van der Waals surface area contributed by atoms with Gasteiger partial charge in [-0.1, -0.05) is 18.2 Å². The molecule has 0 aliphatic carbocycles. The van der Waals surface area contributed by atoms with Crippen molar-refractivity contribution in [2.45, 2.75) is 0 Å². The standard InChI is InChI=1S/C17H14FN5O2/c1-25-17(24)11-7-5-10(6-8-11)14-15(16(19)23-21-14)22-20-13-4-2-3-12(18)9-13/h2-9H,1H3,(H3,19,21,23). The molecule has 0 saturated heterocycles. The number of nitrogens with one attached hydrogen (secondary N) is 1. The number of halogens is 1. The van der Waals surface area contributed by atoms with E-state index in [-0.39, 0.29) is 5.82 Å². The van der Waals surface area contributed by atoms with Crippen LogP contribution in [0, 0.1) is 5.82 Å². The number of nitrogens with two attached hydrogens (primary N) is 1. The lowest BCUT2D eigenvalue weighted by Crippen LogP contribution is -2.00. The third-order valence-corrected chi connectivity index (χ3v) is 3.44. The maximum Gasteiger partial charge on any atom is 0.337 e. The molecule has 8 heteroatoms. The quantitative estimate of drug-likeness (QED) is 0.553. The second kappa shape index (κ2) is 6.91. The van der Waals surface area contributed by atoms with Gasteiger partial charge in [0.05, 0.1) is 24.1 Å². The Morgan fingerprint density at radius 2 is 1.96 bits per heavy atom. The summed E-state index contributed by atoms with van der Waals surface area (Å²) in [4.78, 5) is 11.5. The number of nitrogens with zero attached hydrogens (tertiary/aromatic N) is 3. The number of azo groups is 1.